The Morgan fingerprint density at radius 3 is 2.17 bits per heavy atom. The zero-order chi connectivity index (χ0) is 16.7. The smallest absolute Gasteiger partial charge is 0.234 e. The van der Waals surface area contributed by atoms with E-state index >= 15 is 0 Å². The summed E-state index contributed by atoms with van der Waals surface area (Å²) in [5, 5.41) is 5.82. The molecule has 1 heterocycles. The Hall–Kier alpha value is -1.14. The van der Waals surface area contributed by atoms with Crippen LogP contribution in [0.3, 0.4) is 0 Å². The summed E-state index contributed by atoms with van der Waals surface area (Å²) in [7, 11) is 1.70. The van der Waals surface area contributed by atoms with Crippen LogP contribution >= 0.6 is 0 Å². The molecule has 1 aliphatic carbocycles. The van der Waals surface area contributed by atoms with Crippen LogP contribution in [0, 0.1) is 11.8 Å². The first-order chi connectivity index (χ1) is 11.1. The summed E-state index contributed by atoms with van der Waals surface area (Å²) in [6.07, 6.45) is 3.96. The van der Waals surface area contributed by atoms with Gasteiger partial charge in [0.1, 0.15) is 0 Å². The van der Waals surface area contributed by atoms with Crippen LogP contribution in [-0.2, 0) is 9.59 Å². The molecule has 6 nitrogen and oxygen atoms in total. The molecular weight excluding hydrogens is 292 g/mol. The van der Waals surface area contributed by atoms with Gasteiger partial charge in [-0.15, -0.1) is 0 Å². The summed E-state index contributed by atoms with van der Waals surface area (Å²) >= 11 is 0. The number of hydrogen-bond acceptors (Lipinski definition) is 4. The molecule has 0 unspecified atom stereocenters. The number of carbonyl (C=O) groups excluding carboxylic acids is 2. The number of rotatable bonds is 6. The predicted octanol–water partition coefficient (Wildman–Crippen LogP) is 0.293. The van der Waals surface area contributed by atoms with Crippen LogP contribution in [0.1, 0.15) is 32.6 Å². The van der Waals surface area contributed by atoms with Gasteiger partial charge in [0, 0.05) is 45.7 Å². The maximum atomic E-state index is 12.1. The number of nitrogens with zero attached hydrogens (tertiary/aromatic N) is 2. The van der Waals surface area contributed by atoms with Gasteiger partial charge in [-0.25, -0.2) is 0 Å². The van der Waals surface area contributed by atoms with Gasteiger partial charge < -0.3 is 15.5 Å². The lowest BCUT2D eigenvalue weighted by molar-refractivity contribution is -0.126. The number of piperazine rings is 1. The lowest BCUT2D eigenvalue weighted by Crippen LogP contribution is -2.49. The van der Waals surface area contributed by atoms with E-state index in [2.05, 4.69) is 27.4 Å². The van der Waals surface area contributed by atoms with Crippen LogP contribution in [-0.4, -0.2) is 74.5 Å². The van der Waals surface area contributed by atoms with Crippen LogP contribution in [0.4, 0.5) is 0 Å². The Bertz CT molecular complexity index is 386. The van der Waals surface area contributed by atoms with E-state index in [1.807, 2.05) is 0 Å². The Labute approximate surface area is 140 Å². The average Bonchev–Trinajstić information content (AvgIpc) is 2.60. The van der Waals surface area contributed by atoms with Crippen LogP contribution in [0.15, 0.2) is 0 Å². The minimum atomic E-state index is 0.142. The quantitative estimate of drug-likeness (QED) is 0.737. The van der Waals surface area contributed by atoms with E-state index in [9.17, 15) is 9.59 Å². The highest BCUT2D eigenvalue weighted by atomic mass is 16.2. The van der Waals surface area contributed by atoms with Crippen molar-refractivity contribution >= 4 is 11.8 Å². The van der Waals surface area contributed by atoms with Crippen molar-refractivity contribution in [2.75, 3.05) is 52.9 Å². The second-order valence-corrected chi connectivity index (χ2v) is 6.85. The van der Waals surface area contributed by atoms with Crippen LogP contribution in [0.2, 0.25) is 0 Å². The summed E-state index contributed by atoms with van der Waals surface area (Å²) in [4.78, 5) is 28.4. The minimum Gasteiger partial charge on any atom is -0.359 e. The van der Waals surface area contributed by atoms with Gasteiger partial charge in [0.15, 0.2) is 0 Å². The van der Waals surface area contributed by atoms with E-state index in [4.69, 9.17) is 0 Å². The molecule has 1 aliphatic heterocycles. The molecule has 0 aromatic heterocycles. The molecule has 2 aliphatic rings. The molecule has 2 rings (SSSR count). The van der Waals surface area contributed by atoms with Crippen molar-refractivity contribution in [1.29, 1.82) is 0 Å². The summed E-state index contributed by atoms with van der Waals surface area (Å²) in [5.41, 5.74) is 0. The molecule has 0 spiro atoms. The van der Waals surface area contributed by atoms with Crippen LogP contribution < -0.4 is 10.6 Å². The van der Waals surface area contributed by atoms with E-state index in [0.29, 0.717) is 12.5 Å². The van der Waals surface area contributed by atoms with Crippen molar-refractivity contribution < 1.29 is 9.59 Å². The van der Waals surface area contributed by atoms with Crippen molar-refractivity contribution in [2.45, 2.75) is 32.6 Å². The highest BCUT2D eigenvalue weighted by molar-refractivity contribution is 5.78. The maximum absolute atomic E-state index is 12.1. The summed E-state index contributed by atoms with van der Waals surface area (Å²) in [6.45, 7) is 8.65. The first-order valence-corrected chi connectivity index (χ1v) is 9.05. The van der Waals surface area contributed by atoms with E-state index in [0.717, 1.165) is 65.0 Å². The molecule has 1 saturated carbocycles. The Morgan fingerprint density at radius 2 is 1.61 bits per heavy atom. The third-order valence-electron chi connectivity index (χ3n) is 5.33. The Morgan fingerprint density at radius 1 is 1.00 bits per heavy atom. The first kappa shape index (κ1) is 18.2. The highest BCUT2D eigenvalue weighted by Crippen LogP contribution is 2.28. The molecular formula is C17H32N4O2. The maximum Gasteiger partial charge on any atom is 0.234 e. The second kappa shape index (κ2) is 9.23. The van der Waals surface area contributed by atoms with E-state index < -0.39 is 0 Å². The fourth-order valence-electron chi connectivity index (χ4n) is 3.61. The van der Waals surface area contributed by atoms with E-state index in [1.165, 1.54) is 0 Å². The summed E-state index contributed by atoms with van der Waals surface area (Å²) in [5.74, 6) is 1.00. The van der Waals surface area contributed by atoms with Gasteiger partial charge in [-0.3, -0.25) is 14.5 Å². The van der Waals surface area contributed by atoms with Crippen molar-refractivity contribution in [2.24, 2.45) is 11.8 Å². The number of amides is 2. The standard InChI is InChI=1S/C17H32N4O2/c1-3-20-8-10-21(11-9-20)13-16(22)19-12-14-4-6-15(7-5-14)17(23)18-2/h14-15H,3-13H2,1-2H3,(H,18,23)(H,19,22). The molecule has 6 heteroatoms. The van der Waals surface area contributed by atoms with Crippen molar-refractivity contribution in [3.63, 3.8) is 0 Å². The molecule has 132 valence electrons. The second-order valence-electron chi connectivity index (χ2n) is 6.85. The molecule has 0 bridgehead atoms. The number of carbonyl (C=O) groups is 2. The predicted molar refractivity (Wildman–Crippen MR) is 91.1 cm³/mol. The summed E-state index contributed by atoms with van der Waals surface area (Å²) < 4.78 is 0. The highest BCUT2D eigenvalue weighted by Gasteiger charge is 2.26. The van der Waals surface area contributed by atoms with Gasteiger partial charge in [0.05, 0.1) is 6.54 Å². The monoisotopic (exact) mass is 324 g/mol. The normalized spacial score (nSPS) is 26.7. The SMILES string of the molecule is CCN1CCN(CC(=O)NCC2CCC(C(=O)NC)CC2)CC1. The molecule has 2 amide bonds. The van der Waals surface area contributed by atoms with Gasteiger partial charge in [0.2, 0.25) is 11.8 Å². The zero-order valence-electron chi connectivity index (χ0n) is 14.6. The zero-order valence-corrected chi connectivity index (χ0v) is 14.6. The number of likely N-dealkylation sites (N-methyl/N-ethyl adjacent to an activating group) is 1. The van der Waals surface area contributed by atoms with Gasteiger partial charge in [0.25, 0.3) is 0 Å². The molecule has 1 saturated heterocycles. The molecule has 0 radical (unpaired) electrons. The first-order valence-electron chi connectivity index (χ1n) is 9.05. The lowest BCUT2D eigenvalue weighted by Gasteiger charge is -2.33. The van der Waals surface area contributed by atoms with Gasteiger partial charge >= 0.3 is 0 Å². The third kappa shape index (κ3) is 5.77. The number of hydrogen-bond donors (Lipinski definition) is 2. The Kier molecular flexibility index (Phi) is 7.30. The lowest BCUT2D eigenvalue weighted by atomic mass is 9.81. The topological polar surface area (TPSA) is 64.7 Å². The fraction of sp³-hybridized carbons (Fsp3) is 0.882. The molecule has 0 aromatic rings. The van der Waals surface area contributed by atoms with Crippen LogP contribution in [0.5, 0.6) is 0 Å². The molecule has 0 aromatic carbocycles. The van der Waals surface area contributed by atoms with Crippen LogP contribution in [0.25, 0.3) is 0 Å². The third-order valence-corrected chi connectivity index (χ3v) is 5.33. The van der Waals surface area contributed by atoms with Gasteiger partial charge in [-0.2, -0.15) is 0 Å². The fourth-order valence-corrected chi connectivity index (χ4v) is 3.61. The minimum absolute atomic E-state index is 0.142. The van der Waals surface area contributed by atoms with E-state index in [-0.39, 0.29) is 17.7 Å². The van der Waals surface area contributed by atoms with E-state index in [1.54, 1.807) is 7.05 Å². The molecule has 23 heavy (non-hydrogen) atoms. The largest absolute Gasteiger partial charge is 0.359 e. The molecule has 2 fully saturated rings. The van der Waals surface area contributed by atoms with Gasteiger partial charge in [-0.05, 0) is 38.1 Å². The molecule has 0 atom stereocenters. The Balaban J connectivity index is 1.59. The van der Waals surface area contributed by atoms with Crippen molar-refractivity contribution in [3.8, 4) is 0 Å². The van der Waals surface area contributed by atoms with Crippen molar-refractivity contribution in [3.05, 3.63) is 0 Å². The summed E-state index contributed by atoms with van der Waals surface area (Å²) in [6, 6.07) is 0. The van der Waals surface area contributed by atoms with Gasteiger partial charge in [-0.1, -0.05) is 6.92 Å². The average molecular weight is 324 g/mol. The number of nitrogens with one attached hydrogen (secondary N) is 2. The van der Waals surface area contributed by atoms with Crippen molar-refractivity contribution in [1.82, 2.24) is 20.4 Å². The molecule has 2 N–H and O–H groups in total.